The first-order valence-electron chi connectivity index (χ1n) is 11.1. The molecule has 0 spiro atoms. The summed E-state index contributed by atoms with van der Waals surface area (Å²) < 4.78 is 14.9. The lowest BCUT2D eigenvalue weighted by molar-refractivity contribution is -0.148. The summed E-state index contributed by atoms with van der Waals surface area (Å²) in [4.78, 5) is 41.3. The van der Waals surface area contributed by atoms with E-state index < -0.39 is 47.0 Å². The zero-order valence-electron chi connectivity index (χ0n) is 18.4. The normalized spacial score (nSPS) is 26.1. The Bertz CT molecular complexity index is 1280. The molecule has 2 amide bonds. The van der Waals surface area contributed by atoms with Gasteiger partial charge in [0, 0.05) is 18.0 Å². The summed E-state index contributed by atoms with van der Waals surface area (Å²) in [6.45, 7) is 1.89. The number of carboxylic acid groups (broad SMARTS) is 1. The number of anilines is 1. The predicted octanol–water partition coefficient (Wildman–Crippen LogP) is 3.65. The van der Waals surface area contributed by atoms with Gasteiger partial charge < -0.3 is 5.11 Å². The van der Waals surface area contributed by atoms with Crippen LogP contribution in [-0.4, -0.2) is 28.4 Å². The van der Waals surface area contributed by atoms with Crippen LogP contribution in [0.1, 0.15) is 22.7 Å². The Labute approximate surface area is 196 Å². The lowest BCUT2D eigenvalue weighted by Gasteiger charge is -2.31. The van der Waals surface area contributed by atoms with Crippen molar-refractivity contribution in [3.63, 3.8) is 0 Å². The third kappa shape index (κ3) is 3.31. The zero-order chi connectivity index (χ0) is 24.0. The van der Waals surface area contributed by atoms with E-state index in [0.717, 1.165) is 10.5 Å². The van der Waals surface area contributed by atoms with Crippen molar-refractivity contribution in [2.45, 2.75) is 24.9 Å². The van der Waals surface area contributed by atoms with Gasteiger partial charge >= 0.3 is 5.97 Å². The average Bonchev–Trinajstić information content (AvgIpc) is 3.30. The van der Waals surface area contributed by atoms with Crippen LogP contribution in [0.25, 0.3) is 0 Å². The minimum absolute atomic E-state index is 0.0317. The number of fused-ring (bicyclic) bond motifs is 1. The van der Waals surface area contributed by atoms with E-state index in [9.17, 15) is 23.9 Å². The molecule has 0 bridgehead atoms. The fraction of sp³-hybridized carbons (Fsp3) is 0.222. The van der Waals surface area contributed by atoms with E-state index in [2.05, 4.69) is 5.32 Å². The fourth-order valence-electron chi connectivity index (χ4n) is 5.30. The Morgan fingerprint density at radius 2 is 1.62 bits per heavy atom. The summed E-state index contributed by atoms with van der Waals surface area (Å²) in [5.41, 5.74) is 0.407. The molecule has 2 aliphatic rings. The van der Waals surface area contributed by atoms with Gasteiger partial charge in [0.15, 0.2) is 0 Å². The van der Waals surface area contributed by atoms with Gasteiger partial charge in [0.2, 0.25) is 11.8 Å². The van der Waals surface area contributed by atoms with Gasteiger partial charge in [-0.3, -0.25) is 19.7 Å². The van der Waals surface area contributed by atoms with E-state index in [1.807, 2.05) is 13.0 Å². The third-order valence-electron chi connectivity index (χ3n) is 6.89. The van der Waals surface area contributed by atoms with Crippen molar-refractivity contribution in [2.75, 3.05) is 4.90 Å². The van der Waals surface area contributed by atoms with Gasteiger partial charge in [-0.05, 0) is 30.7 Å². The molecule has 3 aromatic rings. The van der Waals surface area contributed by atoms with Crippen LogP contribution in [0.2, 0.25) is 0 Å². The van der Waals surface area contributed by atoms with Crippen LogP contribution >= 0.6 is 0 Å². The molecule has 2 N–H and O–H groups in total. The second-order valence-electron chi connectivity index (χ2n) is 8.93. The Morgan fingerprint density at radius 3 is 2.26 bits per heavy atom. The molecule has 34 heavy (non-hydrogen) atoms. The molecule has 2 fully saturated rings. The SMILES string of the molecule is Cc1ccc(N2C(=O)[C@H]3[C@@H](C2=O)[C@@](Cc2ccccc2)(C(=O)O)N[C@H]3c2ccccc2F)cc1. The second kappa shape index (κ2) is 8.18. The second-order valence-corrected chi connectivity index (χ2v) is 8.93. The molecule has 0 radical (unpaired) electrons. The molecule has 6 nitrogen and oxygen atoms in total. The highest BCUT2D eigenvalue weighted by Crippen LogP contribution is 2.51. The van der Waals surface area contributed by atoms with Crippen LogP contribution in [0.4, 0.5) is 10.1 Å². The van der Waals surface area contributed by atoms with Gasteiger partial charge in [0.1, 0.15) is 11.4 Å². The number of carboxylic acids is 1. The molecule has 3 aromatic carbocycles. The van der Waals surface area contributed by atoms with Crippen molar-refractivity contribution in [1.82, 2.24) is 5.32 Å². The summed E-state index contributed by atoms with van der Waals surface area (Å²) in [6.07, 6.45) is -0.0317. The number of hydrogen-bond donors (Lipinski definition) is 2. The van der Waals surface area contributed by atoms with Crippen LogP contribution in [0.5, 0.6) is 0 Å². The predicted molar refractivity (Wildman–Crippen MR) is 123 cm³/mol. The molecule has 5 rings (SSSR count). The molecule has 4 atom stereocenters. The molecule has 2 saturated heterocycles. The van der Waals surface area contributed by atoms with Gasteiger partial charge in [-0.1, -0.05) is 66.2 Å². The van der Waals surface area contributed by atoms with Crippen molar-refractivity contribution in [3.05, 3.63) is 101 Å². The van der Waals surface area contributed by atoms with Crippen LogP contribution in [0, 0.1) is 24.6 Å². The summed E-state index contributed by atoms with van der Waals surface area (Å²) in [7, 11) is 0. The fourth-order valence-corrected chi connectivity index (χ4v) is 5.30. The maximum Gasteiger partial charge on any atom is 0.325 e. The van der Waals surface area contributed by atoms with Gasteiger partial charge in [-0.15, -0.1) is 0 Å². The molecular formula is C27H23FN2O4. The number of halogens is 1. The van der Waals surface area contributed by atoms with E-state index >= 15 is 0 Å². The summed E-state index contributed by atoms with van der Waals surface area (Å²) in [5, 5.41) is 13.5. The van der Waals surface area contributed by atoms with Crippen LogP contribution in [-0.2, 0) is 20.8 Å². The van der Waals surface area contributed by atoms with E-state index in [-0.39, 0.29) is 12.0 Å². The molecule has 2 aliphatic heterocycles. The standard InChI is InChI=1S/C27H23FN2O4/c1-16-11-13-18(14-12-16)30-24(31)21-22(25(30)32)27(26(33)34,15-17-7-3-2-4-8-17)29-23(21)19-9-5-6-10-20(19)28/h2-14,21-23,29H,15H2,1H3,(H,33,34)/t21-,22-,23-,27-/m0/s1. The monoisotopic (exact) mass is 458 g/mol. The van der Waals surface area contributed by atoms with Gasteiger partial charge in [0.05, 0.1) is 17.5 Å². The zero-order valence-corrected chi connectivity index (χ0v) is 18.4. The highest BCUT2D eigenvalue weighted by molar-refractivity contribution is 6.24. The van der Waals surface area contributed by atoms with Crippen molar-refractivity contribution in [2.24, 2.45) is 11.8 Å². The number of hydrogen-bond acceptors (Lipinski definition) is 4. The van der Waals surface area contributed by atoms with Crippen molar-refractivity contribution in [3.8, 4) is 0 Å². The highest BCUT2D eigenvalue weighted by Gasteiger charge is 2.68. The van der Waals surface area contributed by atoms with Crippen molar-refractivity contribution >= 4 is 23.5 Å². The van der Waals surface area contributed by atoms with Gasteiger partial charge in [0.25, 0.3) is 0 Å². The molecule has 0 saturated carbocycles. The van der Waals surface area contributed by atoms with Crippen molar-refractivity contribution in [1.29, 1.82) is 0 Å². The Hall–Kier alpha value is -3.84. The quantitative estimate of drug-likeness (QED) is 0.570. The van der Waals surface area contributed by atoms with Crippen LogP contribution < -0.4 is 10.2 Å². The van der Waals surface area contributed by atoms with Crippen LogP contribution in [0.3, 0.4) is 0 Å². The minimum Gasteiger partial charge on any atom is -0.480 e. The maximum absolute atomic E-state index is 14.9. The number of aliphatic carboxylic acids is 1. The molecule has 0 aromatic heterocycles. The van der Waals surface area contributed by atoms with Crippen LogP contribution in [0.15, 0.2) is 78.9 Å². The summed E-state index contributed by atoms with van der Waals surface area (Å²) in [5.74, 6) is -5.21. The topological polar surface area (TPSA) is 86.7 Å². The largest absolute Gasteiger partial charge is 0.480 e. The van der Waals surface area contributed by atoms with Crippen molar-refractivity contribution < 1.29 is 23.9 Å². The lowest BCUT2D eigenvalue weighted by Crippen LogP contribution is -2.57. The van der Waals surface area contributed by atoms with E-state index in [1.54, 1.807) is 54.6 Å². The maximum atomic E-state index is 14.9. The van der Waals surface area contributed by atoms with E-state index in [4.69, 9.17) is 0 Å². The molecular weight excluding hydrogens is 435 g/mol. The Balaban J connectivity index is 1.67. The number of benzene rings is 3. The lowest BCUT2D eigenvalue weighted by atomic mass is 9.76. The Morgan fingerprint density at radius 1 is 0.971 bits per heavy atom. The number of aryl methyl sites for hydroxylation is 1. The number of nitrogens with zero attached hydrogens (tertiary/aromatic N) is 1. The third-order valence-corrected chi connectivity index (χ3v) is 6.89. The van der Waals surface area contributed by atoms with Gasteiger partial charge in [-0.2, -0.15) is 0 Å². The molecule has 0 aliphatic carbocycles. The Kier molecular flexibility index (Phi) is 5.29. The molecule has 172 valence electrons. The first-order valence-corrected chi connectivity index (χ1v) is 11.1. The minimum atomic E-state index is -1.79. The first-order chi connectivity index (χ1) is 16.3. The van der Waals surface area contributed by atoms with E-state index in [1.165, 1.54) is 18.2 Å². The number of imide groups is 1. The molecule has 0 unspecified atom stereocenters. The number of carbonyl (C=O) groups excluding carboxylic acids is 2. The smallest absolute Gasteiger partial charge is 0.325 e. The number of nitrogens with one attached hydrogen (secondary N) is 1. The van der Waals surface area contributed by atoms with E-state index in [0.29, 0.717) is 11.3 Å². The first kappa shape index (κ1) is 22.0. The summed E-state index contributed by atoms with van der Waals surface area (Å²) in [6, 6.07) is 20.8. The van der Waals surface area contributed by atoms with Gasteiger partial charge in [-0.25, -0.2) is 9.29 Å². The average molecular weight is 458 g/mol. The highest BCUT2D eigenvalue weighted by atomic mass is 19.1. The number of rotatable bonds is 5. The summed E-state index contributed by atoms with van der Waals surface area (Å²) >= 11 is 0. The number of carbonyl (C=O) groups is 3. The number of amides is 2. The molecule has 7 heteroatoms. The molecule has 2 heterocycles.